The number of aromatic nitrogens is 1. The molecule has 0 aliphatic carbocycles. The summed E-state index contributed by atoms with van der Waals surface area (Å²) in [5.74, 6) is -0.0619. The van der Waals surface area contributed by atoms with Crippen LogP contribution in [0, 0.1) is 0 Å². The number of quaternary nitrogens is 1. The molecule has 0 aromatic carbocycles. The minimum absolute atomic E-state index is 0.0619. The Morgan fingerprint density at radius 3 is 2.41 bits per heavy atom. The van der Waals surface area contributed by atoms with E-state index in [1.54, 1.807) is 11.3 Å². The minimum atomic E-state index is -0.0619. The molecule has 0 unspecified atom stereocenters. The third-order valence-corrected chi connectivity index (χ3v) is 4.24. The summed E-state index contributed by atoms with van der Waals surface area (Å²) < 4.78 is 1.07. The Balaban J connectivity index is 2.73. The molecule has 1 amide bonds. The van der Waals surface area contributed by atoms with E-state index < -0.39 is 0 Å². The highest BCUT2D eigenvalue weighted by Crippen LogP contribution is 2.22. The van der Waals surface area contributed by atoms with Gasteiger partial charge >= 0.3 is 0 Å². The second-order valence-corrected chi connectivity index (χ2v) is 5.38. The van der Waals surface area contributed by atoms with Crippen LogP contribution >= 0.6 is 11.3 Å². The number of nitrogens with zero attached hydrogens (tertiary/aromatic N) is 2. The topological polar surface area (TPSA) is 42.0 Å². The van der Waals surface area contributed by atoms with Crippen LogP contribution in [-0.4, -0.2) is 35.0 Å². The minimum Gasteiger partial charge on any atom is -0.320 e. The number of rotatable bonds is 6. The van der Waals surface area contributed by atoms with Crippen LogP contribution < -0.4 is 5.32 Å². The number of hydrogen-bond donors (Lipinski definition) is 1. The third-order valence-electron chi connectivity index (χ3n) is 3.34. The van der Waals surface area contributed by atoms with Gasteiger partial charge in [0.15, 0.2) is 5.13 Å². The van der Waals surface area contributed by atoms with E-state index in [0.717, 1.165) is 30.7 Å². The number of anilines is 1. The van der Waals surface area contributed by atoms with Crippen LogP contribution in [0.5, 0.6) is 0 Å². The maximum absolute atomic E-state index is 10.9. The Hall–Kier alpha value is -0.940. The van der Waals surface area contributed by atoms with Gasteiger partial charge < -0.3 is 9.80 Å². The molecule has 0 aliphatic rings. The fraction of sp³-hybridized carbons (Fsp3) is 0.667. The van der Waals surface area contributed by atoms with E-state index in [1.165, 1.54) is 11.8 Å². The maximum atomic E-state index is 10.9. The van der Waals surface area contributed by atoms with E-state index in [4.69, 9.17) is 0 Å². The predicted molar refractivity (Wildman–Crippen MR) is 72.0 cm³/mol. The monoisotopic (exact) mass is 256 g/mol. The van der Waals surface area contributed by atoms with Crippen molar-refractivity contribution in [3.8, 4) is 0 Å². The molecule has 4 nitrogen and oxygen atoms in total. The molecule has 5 heteroatoms. The molecule has 0 fully saturated rings. The number of carbonyl (C=O) groups is 1. The molecule has 0 aliphatic heterocycles. The van der Waals surface area contributed by atoms with E-state index in [2.05, 4.69) is 31.1 Å². The van der Waals surface area contributed by atoms with Crippen molar-refractivity contribution in [3.05, 3.63) is 11.1 Å². The lowest BCUT2D eigenvalue weighted by Gasteiger charge is -2.35. The quantitative estimate of drug-likeness (QED) is 0.795. The van der Waals surface area contributed by atoms with Gasteiger partial charge in [-0.05, 0) is 20.8 Å². The lowest BCUT2D eigenvalue weighted by molar-refractivity contribution is -0.935. The number of amides is 1. The first-order valence-electron chi connectivity index (χ1n) is 6.12. The summed E-state index contributed by atoms with van der Waals surface area (Å²) in [5, 5.41) is 3.43. The van der Waals surface area contributed by atoms with Crippen LogP contribution in [0.3, 0.4) is 0 Å². The largest absolute Gasteiger partial charge is 0.320 e. The molecule has 0 atom stereocenters. The van der Waals surface area contributed by atoms with Crippen LogP contribution in [0.1, 0.15) is 32.6 Å². The van der Waals surface area contributed by atoms with Crippen molar-refractivity contribution in [2.75, 3.05) is 25.0 Å². The van der Waals surface area contributed by atoms with Gasteiger partial charge in [0, 0.05) is 13.1 Å². The van der Waals surface area contributed by atoms with Crippen molar-refractivity contribution in [2.45, 2.75) is 34.2 Å². The van der Waals surface area contributed by atoms with Crippen molar-refractivity contribution in [1.29, 1.82) is 0 Å². The van der Waals surface area contributed by atoms with Crippen LogP contribution in [0.25, 0.3) is 0 Å². The van der Waals surface area contributed by atoms with Gasteiger partial charge in [0.25, 0.3) is 0 Å². The van der Waals surface area contributed by atoms with Gasteiger partial charge in [-0.2, -0.15) is 0 Å². The van der Waals surface area contributed by atoms with Crippen LogP contribution in [0.4, 0.5) is 5.13 Å². The summed E-state index contributed by atoms with van der Waals surface area (Å²) in [4.78, 5) is 16.4. The van der Waals surface area contributed by atoms with E-state index in [1.807, 2.05) is 6.20 Å². The van der Waals surface area contributed by atoms with E-state index in [0.29, 0.717) is 5.13 Å². The van der Waals surface area contributed by atoms with Crippen molar-refractivity contribution in [3.63, 3.8) is 0 Å². The second-order valence-electron chi connectivity index (χ2n) is 4.26. The summed E-state index contributed by atoms with van der Waals surface area (Å²) >= 11 is 1.58. The SMILES string of the molecule is CC[N+](CC)(CC)Cc1cnc(NC(C)=O)s1. The van der Waals surface area contributed by atoms with Gasteiger partial charge in [-0.3, -0.25) is 4.79 Å². The van der Waals surface area contributed by atoms with Gasteiger partial charge in [0.1, 0.15) is 6.54 Å². The highest BCUT2D eigenvalue weighted by atomic mass is 32.1. The molecular weight excluding hydrogens is 234 g/mol. The molecule has 1 heterocycles. The molecule has 17 heavy (non-hydrogen) atoms. The van der Waals surface area contributed by atoms with Crippen LogP contribution in [0.2, 0.25) is 0 Å². The summed E-state index contributed by atoms with van der Waals surface area (Å²) in [6.45, 7) is 12.6. The molecule has 1 aromatic rings. The van der Waals surface area contributed by atoms with Gasteiger partial charge in [0.05, 0.1) is 24.5 Å². The Morgan fingerprint density at radius 2 is 1.94 bits per heavy atom. The zero-order chi connectivity index (χ0) is 12.9. The number of carbonyl (C=O) groups excluding carboxylic acids is 1. The van der Waals surface area contributed by atoms with Crippen LogP contribution in [0.15, 0.2) is 6.20 Å². The molecule has 1 N–H and O–H groups in total. The van der Waals surface area contributed by atoms with Crippen molar-refractivity contribution in [2.24, 2.45) is 0 Å². The van der Waals surface area contributed by atoms with Crippen molar-refractivity contribution in [1.82, 2.24) is 4.98 Å². The molecular formula is C12H22N3OS+. The number of nitrogens with one attached hydrogen (secondary N) is 1. The summed E-state index contributed by atoms with van der Waals surface area (Å²) in [6.07, 6.45) is 1.88. The number of thiazole rings is 1. The van der Waals surface area contributed by atoms with Gasteiger partial charge in [-0.25, -0.2) is 4.98 Å². The fourth-order valence-corrected chi connectivity index (χ4v) is 2.92. The molecule has 0 spiro atoms. The number of hydrogen-bond acceptors (Lipinski definition) is 3. The standard InChI is InChI=1S/C12H21N3OS/c1-5-15(6-2,7-3)9-11-8-13-12(17-11)14-10(4)16/h8H,5-7,9H2,1-4H3/p+1. The molecule has 96 valence electrons. The van der Waals surface area contributed by atoms with Crippen molar-refractivity contribution >= 4 is 22.4 Å². The first-order chi connectivity index (χ1) is 8.05. The van der Waals surface area contributed by atoms with E-state index in [9.17, 15) is 4.79 Å². The van der Waals surface area contributed by atoms with Gasteiger partial charge in [-0.1, -0.05) is 11.3 Å². The Bertz CT molecular complexity index is 363. The Labute approximate surface area is 107 Å². The first kappa shape index (κ1) is 14.1. The normalized spacial score (nSPS) is 11.5. The molecule has 1 rings (SSSR count). The third kappa shape index (κ3) is 3.78. The summed E-state index contributed by atoms with van der Waals surface area (Å²) in [5.41, 5.74) is 0. The zero-order valence-electron chi connectivity index (χ0n) is 11.1. The van der Waals surface area contributed by atoms with E-state index >= 15 is 0 Å². The highest BCUT2D eigenvalue weighted by molar-refractivity contribution is 7.15. The molecule has 0 radical (unpaired) electrons. The average molecular weight is 256 g/mol. The molecule has 0 bridgehead atoms. The van der Waals surface area contributed by atoms with Gasteiger partial charge in [-0.15, -0.1) is 0 Å². The smallest absolute Gasteiger partial charge is 0.223 e. The lowest BCUT2D eigenvalue weighted by atomic mass is 10.3. The van der Waals surface area contributed by atoms with E-state index in [-0.39, 0.29) is 5.91 Å². The fourth-order valence-electron chi connectivity index (χ4n) is 1.93. The molecule has 0 saturated heterocycles. The van der Waals surface area contributed by atoms with Crippen LogP contribution in [-0.2, 0) is 11.3 Å². The zero-order valence-corrected chi connectivity index (χ0v) is 11.9. The summed E-state index contributed by atoms with van der Waals surface area (Å²) in [7, 11) is 0. The van der Waals surface area contributed by atoms with Gasteiger partial charge in [0.2, 0.25) is 5.91 Å². The molecule has 1 aromatic heterocycles. The molecule has 0 saturated carbocycles. The maximum Gasteiger partial charge on any atom is 0.223 e. The average Bonchev–Trinajstić information content (AvgIpc) is 2.72. The second kappa shape index (κ2) is 6.12. The van der Waals surface area contributed by atoms with Crippen molar-refractivity contribution < 1.29 is 9.28 Å². The first-order valence-corrected chi connectivity index (χ1v) is 6.94. The summed E-state index contributed by atoms with van der Waals surface area (Å²) in [6, 6.07) is 0. The Morgan fingerprint density at radius 1 is 1.35 bits per heavy atom. The predicted octanol–water partition coefficient (Wildman–Crippen LogP) is 2.48. The highest BCUT2D eigenvalue weighted by Gasteiger charge is 2.22. The lowest BCUT2D eigenvalue weighted by Crippen LogP contribution is -2.46. The Kier molecular flexibility index (Phi) is 5.08.